The van der Waals surface area contributed by atoms with Crippen molar-refractivity contribution in [1.82, 2.24) is 4.31 Å². The van der Waals surface area contributed by atoms with E-state index in [-0.39, 0.29) is 23.1 Å². The lowest BCUT2D eigenvalue weighted by Gasteiger charge is -2.17. The van der Waals surface area contributed by atoms with Crippen LogP contribution in [0.15, 0.2) is 23.1 Å². The number of sulfonamides is 1. The van der Waals surface area contributed by atoms with E-state index in [1.807, 2.05) is 0 Å². The van der Waals surface area contributed by atoms with Crippen LogP contribution in [0, 0.1) is 5.92 Å². The van der Waals surface area contributed by atoms with Gasteiger partial charge in [0, 0.05) is 24.7 Å². The van der Waals surface area contributed by atoms with Gasteiger partial charge in [-0.25, -0.2) is 8.42 Å². The zero-order chi connectivity index (χ0) is 13.3. The first-order valence-corrected chi connectivity index (χ1v) is 7.43. The molecule has 0 radical (unpaired) electrons. The second kappa shape index (κ2) is 5.05. The minimum atomic E-state index is -3.59. The van der Waals surface area contributed by atoms with E-state index in [4.69, 9.17) is 22.4 Å². The van der Waals surface area contributed by atoms with Gasteiger partial charge in [0.05, 0.1) is 5.69 Å². The normalized spacial score (nSPS) is 21.3. The van der Waals surface area contributed by atoms with Gasteiger partial charge in [-0.15, -0.1) is 0 Å². The molecule has 2 rings (SSSR count). The van der Waals surface area contributed by atoms with Crippen molar-refractivity contribution in [2.24, 2.45) is 5.92 Å². The molecule has 3 N–H and O–H groups in total. The molecule has 7 heteroatoms. The van der Waals surface area contributed by atoms with Crippen LogP contribution in [-0.2, 0) is 10.0 Å². The van der Waals surface area contributed by atoms with E-state index < -0.39 is 10.0 Å². The quantitative estimate of drug-likeness (QED) is 0.811. The number of aliphatic hydroxyl groups excluding tert-OH is 1. The number of benzene rings is 1. The van der Waals surface area contributed by atoms with E-state index in [9.17, 15) is 8.42 Å². The van der Waals surface area contributed by atoms with Gasteiger partial charge < -0.3 is 10.8 Å². The summed E-state index contributed by atoms with van der Waals surface area (Å²) in [5.74, 6) is 0.00768. The van der Waals surface area contributed by atoms with Crippen molar-refractivity contribution in [1.29, 1.82) is 0 Å². The molecule has 0 saturated carbocycles. The predicted molar refractivity (Wildman–Crippen MR) is 69.8 cm³/mol. The van der Waals surface area contributed by atoms with E-state index in [0.29, 0.717) is 24.5 Å². The standard InChI is InChI=1S/C11H15ClN2O3S/c12-9-1-2-11(10(13)5-9)18(16,17)14-4-3-8(6-14)7-15/h1-2,5,8,15H,3-4,6-7,13H2. The number of rotatable bonds is 3. The Morgan fingerprint density at radius 1 is 1.50 bits per heavy atom. The second-order valence-corrected chi connectivity index (χ2v) is 6.73. The zero-order valence-electron chi connectivity index (χ0n) is 9.71. The van der Waals surface area contributed by atoms with Crippen LogP contribution in [0.2, 0.25) is 5.02 Å². The van der Waals surface area contributed by atoms with Crippen molar-refractivity contribution in [2.45, 2.75) is 11.3 Å². The SMILES string of the molecule is Nc1cc(Cl)ccc1S(=O)(=O)N1CCC(CO)C1. The Hall–Kier alpha value is -0.820. The highest BCUT2D eigenvalue weighted by molar-refractivity contribution is 7.89. The molecular weight excluding hydrogens is 276 g/mol. The van der Waals surface area contributed by atoms with E-state index in [0.717, 1.165) is 0 Å². The molecule has 1 aliphatic heterocycles. The number of nitrogens with two attached hydrogens (primary N) is 1. The van der Waals surface area contributed by atoms with Crippen LogP contribution >= 0.6 is 11.6 Å². The molecule has 18 heavy (non-hydrogen) atoms. The summed E-state index contributed by atoms with van der Waals surface area (Å²) in [7, 11) is -3.59. The summed E-state index contributed by atoms with van der Waals surface area (Å²) in [5, 5.41) is 9.45. The Labute approximate surface area is 111 Å². The number of hydrogen-bond donors (Lipinski definition) is 2. The fraction of sp³-hybridized carbons (Fsp3) is 0.455. The molecule has 100 valence electrons. The number of nitrogen functional groups attached to an aromatic ring is 1. The molecule has 1 atom stereocenters. The molecule has 5 nitrogen and oxygen atoms in total. The maximum Gasteiger partial charge on any atom is 0.245 e. The van der Waals surface area contributed by atoms with Crippen molar-refractivity contribution in [3.05, 3.63) is 23.2 Å². The topological polar surface area (TPSA) is 83.6 Å². The molecule has 0 bridgehead atoms. The van der Waals surface area contributed by atoms with Gasteiger partial charge in [-0.3, -0.25) is 0 Å². The second-order valence-electron chi connectivity index (χ2n) is 4.38. The monoisotopic (exact) mass is 290 g/mol. The predicted octanol–water partition coefficient (Wildman–Crippen LogP) is 0.925. The molecule has 1 fully saturated rings. The largest absolute Gasteiger partial charge is 0.398 e. The van der Waals surface area contributed by atoms with E-state index >= 15 is 0 Å². The fourth-order valence-electron chi connectivity index (χ4n) is 2.06. The van der Waals surface area contributed by atoms with Gasteiger partial charge in [0.25, 0.3) is 0 Å². The van der Waals surface area contributed by atoms with Crippen LogP contribution in [0.4, 0.5) is 5.69 Å². The van der Waals surface area contributed by atoms with Crippen LogP contribution in [0.1, 0.15) is 6.42 Å². The third kappa shape index (κ3) is 2.47. The molecule has 1 aliphatic rings. The molecule has 1 saturated heterocycles. The first-order valence-electron chi connectivity index (χ1n) is 5.61. The smallest absolute Gasteiger partial charge is 0.245 e. The van der Waals surface area contributed by atoms with Gasteiger partial charge in [0.15, 0.2) is 0 Å². The molecule has 1 aromatic carbocycles. The fourth-order valence-corrected chi connectivity index (χ4v) is 3.87. The third-order valence-electron chi connectivity index (χ3n) is 3.10. The summed E-state index contributed by atoms with van der Waals surface area (Å²) in [6.45, 7) is 0.749. The van der Waals surface area contributed by atoms with Crippen LogP contribution in [0.3, 0.4) is 0 Å². The third-order valence-corrected chi connectivity index (χ3v) is 5.27. The van der Waals surface area contributed by atoms with Gasteiger partial charge in [0.2, 0.25) is 10.0 Å². The molecule has 0 amide bonds. The Bertz CT molecular complexity index is 547. The van der Waals surface area contributed by atoms with Gasteiger partial charge >= 0.3 is 0 Å². The number of halogens is 1. The number of anilines is 1. The highest BCUT2D eigenvalue weighted by Gasteiger charge is 2.33. The van der Waals surface area contributed by atoms with Gasteiger partial charge in [-0.2, -0.15) is 4.31 Å². The summed E-state index contributed by atoms with van der Waals surface area (Å²) >= 11 is 5.75. The highest BCUT2D eigenvalue weighted by Crippen LogP contribution is 2.29. The Morgan fingerprint density at radius 2 is 2.22 bits per heavy atom. The first-order chi connectivity index (χ1) is 8.45. The van der Waals surface area contributed by atoms with Gasteiger partial charge in [-0.1, -0.05) is 11.6 Å². The molecule has 1 unspecified atom stereocenters. The lowest BCUT2D eigenvalue weighted by atomic mass is 10.1. The Balaban J connectivity index is 2.31. The summed E-state index contributed by atoms with van der Waals surface area (Å²) in [6, 6.07) is 4.34. The van der Waals surface area contributed by atoms with Crippen molar-refractivity contribution in [2.75, 3.05) is 25.4 Å². The van der Waals surface area contributed by atoms with Crippen molar-refractivity contribution in [3.63, 3.8) is 0 Å². The highest BCUT2D eigenvalue weighted by atomic mass is 35.5. The molecule has 0 spiro atoms. The van der Waals surface area contributed by atoms with Crippen molar-refractivity contribution >= 4 is 27.3 Å². The van der Waals surface area contributed by atoms with Gasteiger partial charge in [-0.05, 0) is 30.5 Å². The molecular formula is C11H15ClN2O3S. The number of nitrogens with zero attached hydrogens (tertiary/aromatic N) is 1. The molecule has 1 aromatic rings. The van der Waals surface area contributed by atoms with Crippen molar-refractivity contribution < 1.29 is 13.5 Å². The van der Waals surface area contributed by atoms with E-state index in [1.165, 1.54) is 22.5 Å². The average Bonchev–Trinajstić information content (AvgIpc) is 2.77. The van der Waals surface area contributed by atoms with Crippen LogP contribution < -0.4 is 5.73 Å². The summed E-state index contributed by atoms with van der Waals surface area (Å²) in [6.07, 6.45) is 0.670. The minimum absolute atomic E-state index is 0.00210. The lowest BCUT2D eigenvalue weighted by Crippen LogP contribution is -2.29. The maximum atomic E-state index is 12.3. The minimum Gasteiger partial charge on any atom is -0.398 e. The zero-order valence-corrected chi connectivity index (χ0v) is 11.3. The molecule has 0 aliphatic carbocycles. The van der Waals surface area contributed by atoms with Crippen molar-refractivity contribution in [3.8, 4) is 0 Å². The summed E-state index contributed by atoms with van der Waals surface area (Å²) in [5.41, 5.74) is 5.85. The van der Waals surface area contributed by atoms with Crippen LogP contribution in [0.5, 0.6) is 0 Å². The maximum absolute atomic E-state index is 12.3. The number of aliphatic hydroxyl groups is 1. The molecule has 1 heterocycles. The first kappa shape index (κ1) is 13.6. The number of hydrogen-bond acceptors (Lipinski definition) is 4. The van der Waals surface area contributed by atoms with Crippen LogP contribution in [-0.4, -0.2) is 37.5 Å². The van der Waals surface area contributed by atoms with Gasteiger partial charge in [0.1, 0.15) is 4.90 Å². The Morgan fingerprint density at radius 3 is 2.78 bits per heavy atom. The lowest BCUT2D eigenvalue weighted by molar-refractivity contribution is 0.233. The average molecular weight is 291 g/mol. The summed E-state index contributed by atoms with van der Waals surface area (Å²) in [4.78, 5) is 0.0745. The summed E-state index contributed by atoms with van der Waals surface area (Å²) < 4.78 is 26.1. The van der Waals surface area contributed by atoms with Crippen LogP contribution in [0.25, 0.3) is 0 Å². The Kier molecular flexibility index (Phi) is 3.82. The van der Waals surface area contributed by atoms with E-state index in [1.54, 1.807) is 0 Å². The van der Waals surface area contributed by atoms with E-state index in [2.05, 4.69) is 0 Å². The molecule has 0 aromatic heterocycles.